The van der Waals surface area contributed by atoms with Gasteiger partial charge in [0.1, 0.15) is 11.7 Å². The van der Waals surface area contributed by atoms with Gasteiger partial charge in [-0.05, 0) is 38.0 Å². The number of esters is 2. The maximum Gasteiger partial charge on any atom is 0.303 e. The lowest BCUT2D eigenvalue weighted by atomic mass is 9.60. The summed E-state index contributed by atoms with van der Waals surface area (Å²) in [6, 6.07) is 0. The minimum absolute atomic E-state index is 0.127. The van der Waals surface area contributed by atoms with Crippen LogP contribution in [0.1, 0.15) is 53.9 Å². The van der Waals surface area contributed by atoms with Crippen LogP contribution >= 0.6 is 0 Å². The van der Waals surface area contributed by atoms with E-state index < -0.39 is 17.7 Å². The van der Waals surface area contributed by atoms with Crippen LogP contribution < -0.4 is 0 Å². The van der Waals surface area contributed by atoms with Gasteiger partial charge >= 0.3 is 11.9 Å². The fourth-order valence-electron chi connectivity index (χ4n) is 6.48. The standard InChI is InChI=1S/C24H34O7/c1-7-8-17-21-20-16(11-19-23(21,5)31-19)13(2)12-28-24(6,22(20)30-17)18(29-15(4)26)9-10-27-14(3)25/h1,13,16-22H,8-12H2,2-6H3/t13-,16-,17-,18+,19+,20-,21-,22-,23+,24+/m1/s1. The van der Waals surface area contributed by atoms with Crippen LogP contribution in [0.15, 0.2) is 0 Å². The highest BCUT2D eigenvalue weighted by atomic mass is 16.6. The highest BCUT2D eigenvalue weighted by Crippen LogP contribution is 2.64. The van der Waals surface area contributed by atoms with Gasteiger partial charge in [0.25, 0.3) is 0 Å². The first-order valence-electron chi connectivity index (χ1n) is 11.3. The van der Waals surface area contributed by atoms with Gasteiger partial charge in [-0.1, -0.05) is 6.92 Å². The van der Waals surface area contributed by atoms with Crippen molar-refractivity contribution in [2.24, 2.45) is 23.7 Å². The molecule has 0 spiro atoms. The van der Waals surface area contributed by atoms with Gasteiger partial charge < -0.3 is 23.7 Å². The molecule has 0 bridgehead atoms. The lowest BCUT2D eigenvalue weighted by Crippen LogP contribution is -2.56. The average molecular weight is 435 g/mol. The first-order valence-corrected chi connectivity index (χ1v) is 11.3. The van der Waals surface area contributed by atoms with E-state index in [9.17, 15) is 9.59 Å². The molecule has 0 aromatic rings. The zero-order valence-electron chi connectivity index (χ0n) is 19.1. The average Bonchev–Trinajstić information content (AvgIpc) is 3.23. The third-order valence-corrected chi connectivity index (χ3v) is 8.01. The van der Waals surface area contributed by atoms with E-state index in [1.54, 1.807) is 0 Å². The Balaban J connectivity index is 1.69. The predicted molar refractivity (Wildman–Crippen MR) is 111 cm³/mol. The summed E-state index contributed by atoms with van der Waals surface area (Å²) in [6.07, 6.45) is 6.71. The second kappa shape index (κ2) is 8.06. The molecule has 0 N–H and O–H groups in total. The molecule has 4 rings (SSSR count). The van der Waals surface area contributed by atoms with E-state index >= 15 is 0 Å². The Morgan fingerprint density at radius 1 is 1.26 bits per heavy atom. The van der Waals surface area contributed by atoms with Crippen molar-refractivity contribution in [1.29, 1.82) is 0 Å². The molecule has 10 atom stereocenters. The Bertz CT molecular complexity index is 774. The predicted octanol–water partition coefficient (Wildman–Crippen LogP) is 2.50. The number of rotatable bonds is 6. The van der Waals surface area contributed by atoms with Gasteiger partial charge in [0.15, 0.2) is 0 Å². The number of hydrogen-bond donors (Lipinski definition) is 0. The van der Waals surface area contributed by atoms with Crippen LogP contribution in [-0.4, -0.2) is 60.8 Å². The van der Waals surface area contributed by atoms with Gasteiger partial charge in [-0.15, -0.1) is 12.3 Å². The summed E-state index contributed by atoms with van der Waals surface area (Å²) < 4.78 is 30.3. The third-order valence-electron chi connectivity index (χ3n) is 8.01. The number of terminal acetylenes is 1. The molecule has 7 heteroatoms. The summed E-state index contributed by atoms with van der Waals surface area (Å²) in [5, 5.41) is 0. The molecule has 4 aliphatic rings. The maximum atomic E-state index is 12.0. The van der Waals surface area contributed by atoms with Crippen LogP contribution in [0.4, 0.5) is 0 Å². The molecule has 1 aliphatic carbocycles. The number of ether oxygens (including phenoxy) is 5. The van der Waals surface area contributed by atoms with E-state index in [4.69, 9.17) is 30.1 Å². The van der Waals surface area contributed by atoms with Gasteiger partial charge in [-0.3, -0.25) is 9.59 Å². The molecule has 172 valence electrons. The summed E-state index contributed by atoms with van der Waals surface area (Å²) in [5.41, 5.74) is -1.11. The van der Waals surface area contributed by atoms with Crippen molar-refractivity contribution in [3.8, 4) is 12.3 Å². The van der Waals surface area contributed by atoms with E-state index in [-0.39, 0.29) is 48.3 Å². The molecule has 4 fully saturated rings. The van der Waals surface area contributed by atoms with Crippen molar-refractivity contribution in [1.82, 2.24) is 0 Å². The Kier molecular flexibility index (Phi) is 5.87. The Morgan fingerprint density at radius 2 is 2.00 bits per heavy atom. The smallest absolute Gasteiger partial charge is 0.303 e. The number of carbonyl (C=O) groups is 2. The van der Waals surface area contributed by atoms with E-state index in [2.05, 4.69) is 19.8 Å². The normalized spacial score (nSPS) is 46.0. The van der Waals surface area contributed by atoms with Crippen molar-refractivity contribution in [3.05, 3.63) is 0 Å². The van der Waals surface area contributed by atoms with Crippen molar-refractivity contribution in [2.45, 2.75) is 89.5 Å². The molecule has 0 unspecified atom stereocenters. The largest absolute Gasteiger partial charge is 0.466 e. The summed E-state index contributed by atoms with van der Waals surface area (Å²) in [7, 11) is 0. The minimum atomic E-state index is -0.890. The number of epoxide rings is 1. The summed E-state index contributed by atoms with van der Waals surface area (Å²) >= 11 is 0. The molecule has 0 amide bonds. The van der Waals surface area contributed by atoms with Crippen molar-refractivity contribution < 1.29 is 33.3 Å². The van der Waals surface area contributed by atoms with Gasteiger partial charge in [-0.2, -0.15) is 0 Å². The minimum Gasteiger partial charge on any atom is -0.466 e. The molecule has 3 saturated heterocycles. The van der Waals surface area contributed by atoms with E-state index in [0.29, 0.717) is 31.3 Å². The van der Waals surface area contributed by atoms with Crippen LogP contribution in [0.3, 0.4) is 0 Å². The SMILES string of the molecule is C#CC[C@H]1O[C@@H]2[C@@H]3[C@H](C[C@@H]4O[C@]4(C)[C@@H]31)[C@H](C)CO[C@@]2(C)[C@H](CCOC(C)=O)OC(C)=O. The van der Waals surface area contributed by atoms with Gasteiger partial charge in [0.2, 0.25) is 0 Å². The van der Waals surface area contributed by atoms with Gasteiger partial charge in [0, 0.05) is 32.6 Å². The highest BCUT2D eigenvalue weighted by Gasteiger charge is 2.73. The fraction of sp³-hybridized carbons (Fsp3) is 0.833. The third kappa shape index (κ3) is 3.77. The van der Waals surface area contributed by atoms with Crippen LogP contribution in [-0.2, 0) is 33.3 Å². The fourth-order valence-corrected chi connectivity index (χ4v) is 6.48. The Morgan fingerprint density at radius 3 is 2.65 bits per heavy atom. The van der Waals surface area contributed by atoms with E-state index in [1.165, 1.54) is 13.8 Å². The topological polar surface area (TPSA) is 83.6 Å². The summed E-state index contributed by atoms with van der Waals surface area (Å²) in [5.74, 6) is 3.06. The molecule has 0 aromatic carbocycles. The lowest BCUT2D eigenvalue weighted by Gasteiger charge is -2.43. The molecule has 3 aliphatic heterocycles. The van der Waals surface area contributed by atoms with E-state index in [1.807, 2.05) is 6.92 Å². The number of carbonyl (C=O) groups excluding carboxylic acids is 2. The van der Waals surface area contributed by atoms with E-state index in [0.717, 1.165) is 6.42 Å². The summed E-state index contributed by atoms with van der Waals surface area (Å²) in [4.78, 5) is 23.3. The van der Waals surface area contributed by atoms with Crippen LogP contribution in [0.5, 0.6) is 0 Å². The Hall–Kier alpha value is -1.62. The molecular formula is C24H34O7. The first kappa shape index (κ1) is 22.6. The first-order chi connectivity index (χ1) is 14.6. The molecule has 0 aromatic heterocycles. The zero-order valence-corrected chi connectivity index (χ0v) is 19.1. The van der Waals surface area contributed by atoms with Gasteiger partial charge in [-0.25, -0.2) is 0 Å². The molecule has 1 saturated carbocycles. The molecule has 3 heterocycles. The summed E-state index contributed by atoms with van der Waals surface area (Å²) in [6.45, 7) is 9.78. The lowest BCUT2D eigenvalue weighted by molar-refractivity contribution is -0.205. The highest BCUT2D eigenvalue weighted by molar-refractivity contribution is 5.66. The second-order valence-electron chi connectivity index (χ2n) is 10.00. The quantitative estimate of drug-likeness (QED) is 0.361. The molecular weight excluding hydrogens is 400 g/mol. The number of fused-ring (bicyclic) bond motifs is 2. The second-order valence-corrected chi connectivity index (χ2v) is 10.00. The zero-order chi connectivity index (χ0) is 22.6. The Labute approximate surface area is 184 Å². The molecule has 0 radical (unpaired) electrons. The van der Waals surface area contributed by atoms with Crippen LogP contribution in [0, 0.1) is 36.0 Å². The van der Waals surface area contributed by atoms with Crippen molar-refractivity contribution >= 4 is 11.9 Å². The molecule has 31 heavy (non-hydrogen) atoms. The van der Waals surface area contributed by atoms with Crippen LogP contribution in [0.25, 0.3) is 0 Å². The van der Waals surface area contributed by atoms with Gasteiger partial charge in [0.05, 0.1) is 37.1 Å². The maximum absolute atomic E-state index is 12.0. The molecule has 7 nitrogen and oxygen atoms in total. The number of hydrogen-bond acceptors (Lipinski definition) is 7. The van der Waals surface area contributed by atoms with Crippen molar-refractivity contribution in [3.63, 3.8) is 0 Å². The van der Waals surface area contributed by atoms with Crippen LogP contribution in [0.2, 0.25) is 0 Å². The monoisotopic (exact) mass is 434 g/mol. The van der Waals surface area contributed by atoms with Crippen molar-refractivity contribution in [2.75, 3.05) is 13.2 Å².